The van der Waals surface area contributed by atoms with E-state index in [4.69, 9.17) is 0 Å². The summed E-state index contributed by atoms with van der Waals surface area (Å²) in [6, 6.07) is 4.71. The van der Waals surface area contributed by atoms with Gasteiger partial charge in [0.2, 0.25) is 0 Å². The summed E-state index contributed by atoms with van der Waals surface area (Å²) in [4.78, 5) is 6.55. The summed E-state index contributed by atoms with van der Waals surface area (Å²) in [6.07, 6.45) is 6.15. The van der Waals surface area contributed by atoms with Crippen LogP contribution in [0.2, 0.25) is 0 Å². The van der Waals surface area contributed by atoms with E-state index in [2.05, 4.69) is 56.0 Å². The first-order valence-electron chi connectivity index (χ1n) is 7.74. The molecule has 1 aromatic rings. The molecular formula is C17H31N3. The number of rotatable bonds is 8. The highest BCUT2D eigenvalue weighted by atomic mass is 15.1. The summed E-state index contributed by atoms with van der Waals surface area (Å²) in [7, 11) is 2.19. The summed E-state index contributed by atoms with van der Waals surface area (Å²) in [5.41, 5.74) is 1.59. The van der Waals surface area contributed by atoms with Gasteiger partial charge in [-0.15, -0.1) is 0 Å². The van der Waals surface area contributed by atoms with Gasteiger partial charge in [-0.25, -0.2) is 0 Å². The van der Waals surface area contributed by atoms with Crippen molar-refractivity contribution < 1.29 is 0 Å². The molecule has 1 unspecified atom stereocenters. The maximum absolute atomic E-state index is 4.17. The molecule has 1 rings (SSSR count). The third kappa shape index (κ3) is 6.49. The van der Waals surface area contributed by atoms with Gasteiger partial charge >= 0.3 is 0 Å². The van der Waals surface area contributed by atoms with Crippen LogP contribution in [0.25, 0.3) is 0 Å². The van der Waals surface area contributed by atoms with E-state index in [1.807, 2.05) is 18.5 Å². The molecule has 0 fully saturated rings. The number of pyridine rings is 1. The molecule has 0 bridgehead atoms. The molecule has 3 heteroatoms. The molecule has 1 N–H and O–H groups in total. The van der Waals surface area contributed by atoms with Crippen molar-refractivity contribution in [1.29, 1.82) is 0 Å². The van der Waals surface area contributed by atoms with Crippen LogP contribution >= 0.6 is 0 Å². The van der Waals surface area contributed by atoms with Crippen molar-refractivity contribution in [3.63, 3.8) is 0 Å². The van der Waals surface area contributed by atoms with Gasteiger partial charge in [0, 0.05) is 25.0 Å². The average molecular weight is 277 g/mol. The van der Waals surface area contributed by atoms with Crippen molar-refractivity contribution in [2.45, 2.75) is 53.1 Å². The Morgan fingerprint density at radius 2 is 2.10 bits per heavy atom. The van der Waals surface area contributed by atoms with Gasteiger partial charge in [0.15, 0.2) is 0 Å². The Kier molecular flexibility index (Phi) is 7.17. The largest absolute Gasteiger partial charge is 0.313 e. The number of nitrogens with one attached hydrogen (secondary N) is 1. The quantitative estimate of drug-likeness (QED) is 0.790. The number of aromatic nitrogens is 1. The Morgan fingerprint density at radius 1 is 1.35 bits per heavy atom. The highest BCUT2D eigenvalue weighted by molar-refractivity contribution is 5.07. The zero-order valence-corrected chi connectivity index (χ0v) is 13.8. The van der Waals surface area contributed by atoms with Crippen LogP contribution in [-0.4, -0.2) is 36.1 Å². The maximum Gasteiger partial charge on any atom is 0.0312 e. The molecule has 0 aliphatic rings. The summed E-state index contributed by atoms with van der Waals surface area (Å²) in [5, 5.41) is 3.69. The van der Waals surface area contributed by atoms with E-state index in [0.29, 0.717) is 11.5 Å². The Labute approximate surface area is 124 Å². The van der Waals surface area contributed by atoms with E-state index in [1.165, 1.54) is 18.4 Å². The molecule has 0 saturated carbocycles. The van der Waals surface area contributed by atoms with E-state index in [1.54, 1.807) is 0 Å². The van der Waals surface area contributed by atoms with E-state index in [9.17, 15) is 0 Å². The van der Waals surface area contributed by atoms with Crippen molar-refractivity contribution in [1.82, 2.24) is 15.2 Å². The predicted molar refractivity (Wildman–Crippen MR) is 86.7 cm³/mol. The molecule has 0 saturated heterocycles. The van der Waals surface area contributed by atoms with Crippen LogP contribution < -0.4 is 5.32 Å². The van der Waals surface area contributed by atoms with Gasteiger partial charge in [-0.1, -0.05) is 33.8 Å². The zero-order valence-electron chi connectivity index (χ0n) is 13.8. The monoisotopic (exact) mass is 277 g/mol. The Morgan fingerprint density at radius 3 is 2.65 bits per heavy atom. The molecule has 1 heterocycles. The van der Waals surface area contributed by atoms with Crippen LogP contribution in [0, 0.1) is 5.41 Å². The topological polar surface area (TPSA) is 28.2 Å². The minimum absolute atomic E-state index is 0.310. The summed E-state index contributed by atoms with van der Waals surface area (Å²) < 4.78 is 0. The van der Waals surface area contributed by atoms with E-state index in [0.717, 1.165) is 19.6 Å². The van der Waals surface area contributed by atoms with Crippen LogP contribution in [0.3, 0.4) is 0 Å². The van der Waals surface area contributed by atoms with Gasteiger partial charge in [0.05, 0.1) is 0 Å². The predicted octanol–water partition coefficient (Wildman–Crippen LogP) is 3.32. The molecule has 114 valence electrons. The minimum atomic E-state index is 0.310. The maximum atomic E-state index is 4.17. The third-order valence-corrected chi connectivity index (χ3v) is 3.66. The van der Waals surface area contributed by atoms with Crippen LogP contribution in [0.15, 0.2) is 24.5 Å². The average Bonchev–Trinajstić information content (AvgIpc) is 2.38. The highest BCUT2D eigenvalue weighted by Crippen LogP contribution is 2.22. The van der Waals surface area contributed by atoms with Crippen molar-refractivity contribution in [2.75, 3.05) is 20.1 Å². The molecule has 0 aromatic carbocycles. The number of hydrogen-bond donors (Lipinski definition) is 1. The second-order valence-corrected chi connectivity index (χ2v) is 6.76. The zero-order chi connectivity index (χ0) is 15.0. The SMILES string of the molecule is CCCNC(CCN(C)Cc1cccnc1)C(C)(C)C. The van der Waals surface area contributed by atoms with E-state index >= 15 is 0 Å². The molecule has 3 nitrogen and oxygen atoms in total. The van der Waals surface area contributed by atoms with Gasteiger partial charge in [-0.2, -0.15) is 0 Å². The highest BCUT2D eigenvalue weighted by Gasteiger charge is 2.23. The van der Waals surface area contributed by atoms with E-state index in [-0.39, 0.29) is 0 Å². The van der Waals surface area contributed by atoms with Crippen molar-refractivity contribution in [3.8, 4) is 0 Å². The number of hydrogen-bond acceptors (Lipinski definition) is 3. The summed E-state index contributed by atoms with van der Waals surface area (Å²) in [6.45, 7) is 12.4. The molecule has 1 aromatic heterocycles. The lowest BCUT2D eigenvalue weighted by atomic mass is 9.84. The fraction of sp³-hybridized carbons (Fsp3) is 0.706. The van der Waals surface area contributed by atoms with Gasteiger partial charge in [0.25, 0.3) is 0 Å². The first-order chi connectivity index (χ1) is 9.43. The van der Waals surface area contributed by atoms with Crippen molar-refractivity contribution >= 4 is 0 Å². The van der Waals surface area contributed by atoms with Crippen LogP contribution in [0.5, 0.6) is 0 Å². The van der Waals surface area contributed by atoms with Gasteiger partial charge in [-0.3, -0.25) is 4.98 Å². The molecule has 0 amide bonds. The van der Waals surface area contributed by atoms with Crippen molar-refractivity contribution in [3.05, 3.63) is 30.1 Å². The lowest BCUT2D eigenvalue weighted by Crippen LogP contribution is -2.42. The molecule has 0 spiro atoms. The molecule has 20 heavy (non-hydrogen) atoms. The van der Waals surface area contributed by atoms with Crippen LogP contribution in [0.1, 0.15) is 46.1 Å². The van der Waals surface area contributed by atoms with Gasteiger partial charge in [0.1, 0.15) is 0 Å². The number of nitrogens with zero attached hydrogens (tertiary/aromatic N) is 2. The Hall–Kier alpha value is -0.930. The standard InChI is InChI=1S/C17H31N3/c1-6-10-19-16(17(2,3)4)9-12-20(5)14-15-8-7-11-18-13-15/h7-8,11,13,16,19H,6,9-10,12,14H2,1-5H3. The second-order valence-electron chi connectivity index (χ2n) is 6.76. The first-order valence-corrected chi connectivity index (χ1v) is 7.74. The third-order valence-electron chi connectivity index (χ3n) is 3.66. The van der Waals surface area contributed by atoms with Crippen LogP contribution in [0.4, 0.5) is 0 Å². The minimum Gasteiger partial charge on any atom is -0.313 e. The fourth-order valence-electron chi connectivity index (χ4n) is 2.39. The molecule has 0 aliphatic carbocycles. The lowest BCUT2D eigenvalue weighted by molar-refractivity contribution is 0.219. The lowest BCUT2D eigenvalue weighted by Gasteiger charge is -2.33. The van der Waals surface area contributed by atoms with E-state index < -0.39 is 0 Å². The van der Waals surface area contributed by atoms with Gasteiger partial charge < -0.3 is 10.2 Å². The molecule has 1 atom stereocenters. The molecule has 0 aliphatic heterocycles. The fourth-order valence-corrected chi connectivity index (χ4v) is 2.39. The summed E-state index contributed by atoms with van der Waals surface area (Å²) in [5.74, 6) is 0. The Balaban J connectivity index is 2.42. The molecular weight excluding hydrogens is 246 g/mol. The molecule has 0 radical (unpaired) electrons. The normalized spacial score (nSPS) is 13.7. The Bertz CT molecular complexity index is 356. The van der Waals surface area contributed by atoms with Crippen LogP contribution in [-0.2, 0) is 6.54 Å². The smallest absolute Gasteiger partial charge is 0.0312 e. The first kappa shape index (κ1) is 17.1. The van der Waals surface area contributed by atoms with Gasteiger partial charge in [-0.05, 0) is 50.0 Å². The second kappa shape index (κ2) is 8.38. The van der Waals surface area contributed by atoms with Crippen molar-refractivity contribution in [2.24, 2.45) is 5.41 Å². The summed E-state index contributed by atoms with van der Waals surface area (Å²) >= 11 is 0.